The van der Waals surface area contributed by atoms with Crippen LogP contribution in [0.25, 0.3) is 0 Å². The average Bonchev–Trinajstić information content (AvgIpc) is 3.66. The molecule has 7 rings (SSSR count). The Kier molecular flexibility index (Phi) is 11.6. The quantitative estimate of drug-likeness (QED) is 0.149. The first-order valence-electron chi connectivity index (χ1n) is 19.2. The maximum Gasteiger partial charge on any atom is 0.416 e. The number of alkyl halides is 3. The van der Waals surface area contributed by atoms with Gasteiger partial charge in [-0.25, -0.2) is 9.38 Å². The fourth-order valence-corrected chi connectivity index (χ4v) is 8.11. The van der Waals surface area contributed by atoms with Crippen LogP contribution in [0.3, 0.4) is 0 Å². The predicted molar refractivity (Wildman–Crippen MR) is 206 cm³/mol. The van der Waals surface area contributed by atoms with Crippen molar-refractivity contribution in [2.45, 2.75) is 50.4 Å². The number of hydrogen-bond donors (Lipinski definition) is 2. The molecule has 3 N–H and O–H groups in total. The van der Waals surface area contributed by atoms with Gasteiger partial charge in [0, 0.05) is 62.7 Å². The summed E-state index contributed by atoms with van der Waals surface area (Å²) in [6, 6.07) is 15.4. The van der Waals surface area contributed by atoms with E-state index in [0.717, 1.165) is 63.5 Å². The van der Waals surface area contributed by atoms with Gasteiger partial charge in [0.05, 0.1) is 37.1 Å². The number of ether oxygens (including phenoxy) is 2. The monoisotopic (exact) mass is 803 g/mol. The number of nitrogens with zero attached hydrogens (tertiary/aromatic N) is 5. The lowest BCUT2D eigenvalue weighted by atomic mass is 9.78. The molecule has 4 saturated heterocycles. The van der Waals surface area contributed by atoms with E-state index in [9.17, 15) is 37.2 Å². The van der Waals surface area contributed by atoms with Gasteiger partial charge in [-0.15, -0.1) is 0 Å². The van der Waals surface area contributed by atoms with E-state index in [4.69, 9.17) is 20.2 Å². The highest BCUT2D eigenvalue weighted by Gasteiger charge is 2.49. The Balaban J connectivity index is 0.00000585. The number of nitrogens with one attached hydrogen (secondary N) is 1. The van der Waals surface area contributed by atoms with Crippen molar-refractivity contribution in [1.29, 1.82) is 5.26 Å². The Bertz CT molecular complexity index is 2160. The standard InChI is InChI=1S/C42H43F4N7O5.H2/c1-2-52-37(49-30-9-4-11-32(20-30)58-18-6-16-51-22-41(23-51)24-57-25-41)34(35(48)39(55)53-17-5-10-31(53)21-47)33(26-12-14-29(43)15-13-26)36(40(52)56)50-38(54)27-7-3-8-28(19-27)42(44,45)46;/h3-4,7-9,11-15,19-20,31,33,36H,2,5-6,10,16-18,22-25,48H2,1H3,(H,50,54);1H/b35-34-,49-37?;/t31-,33+,36+;/m0./s1. The van der Waals surface area contributed by atoms with E-state index in [1.807, 2.05) is 0 Å². The minimum Gasteiger partial charge on any atom is -0.493 e. The highest BCUT2D eigenvalue weighted by atomic mass is 19.4. The van der Waals surface area contributed by atoms with Gasteiger partial charge in [-0.1, -0.05) is 24.3 Å². The average molecular weight is 804 g/mol. The molecule has 1 spiro atoms. The summed E-state index contributed by atoms with van der Waals surface area (Å²) in [5, 5.41) is 12.5. The molecule has 12 nitrogen and oxygen atoms in total. The minimum absolute atomic E-state index is 0. The zero-order valence-corrected chi connectivity index (χ0v) is 31.8. The number of rotatable bonds is 11. The van der Waals surface area contributed by atoms with Crippen LogP contribution in [0.1, 0.15) is 55.0 Å². The van der Waals surface area contributed by atoms with Gasteiger partial charge >= 0.3 is 6.18 Å². The summed E-state index contributed by atoms with van der Waals surface area (Å²) in [5.74, 6) is -3.84. The second kappa shape index (κ2) is 16.6. The van der Waals surface area contributed by atoms with E-state index in [2.05, 4.69) is 16.3 Å². The number of likely N-dealkylation sites (tertiary alicyclic amines) is 3. The van der Waals surface area contributed by atoms with Crippen molar-refractivity contribution in [3.05, 3.63) is 107 Å². The Labute approximate surface area is 334 Å². The molecule has 4 heterocycles. The van der Waals surface area contributed by atoms with Crippen LogP contribution >= 0.6 is 0 Å². The minimum atomic E-state index is -4.74. The van der Waals surface area contributed by atoms with Crippen molar-refractivity contribution in [3.8, 4) is 11.8 Å². The topological polar surface area (TPSA) is 154 Å². The fraction of sp³-hybridized carbons (Fsp3) is 0.405. The lowest BCUT2D eigenvalue weighted by molar-refractivity contribution is -0.189. The fourth-order valence-electron chi connectivity index (χ4n) is 8.11. The third-order valence-corrected chi connectivity index (χ3v) is 11.0. The van der Waals surface area contributed by atoms with Gasteiger partial charge in [-0.3, -0.25) is 19.3 Å². The highest BCUT2D eigenvalue weighted by Crippen LogP contribution is 2.40. The van der Waals surface area contributed by atoms with Crippen LogP contribution in [0.15, 0.2) is 89.1 Å². The molecule has 3 atom stereocenters. The van der Waals surface area contributed by atoms with Crippen molar-refractivity contribution in [2.24, 2.45) is 16.1 Å². The van der Waals surface area contributed by atoms with Gasteiger partial charge in [-0.2, -0.15) is 18.4 Å². The van der Waals surface area contributed by atoms with Crippen LogP contribution in [0.4, 0.5) is 23.2 Å². The normalized spacial score (nSPS) is 23.3. The summed E-state index contributed by atoms with van der Waals surface area (Å²) in [6.07, 6.45) is -2.99. The molecule has 4 aliphatic rings. The number of nitriles is 1. The molecular formula is C42H45F4N7O5. The van der Waals surface area contributed by atoms with E-state index in [0.29, 0.717) is 42.4 Å². The Morgan fingerprint density at radius 3 is 2.52 bits per heavy atom. The third-order valence-electron chi connectivity index (χ3n) is 11.0. The lowest BCUT2D eigenvalue weighted by Gasteiger charge is -2.55. The van der Waals surface area contributed by atoms with E-state index in [1.165, 1.54) is 28.0 Å². The third kappa shape index (κ3) is 8.28. The molecule has 0 bridgehead atoms. The first kappa shape index (κ1) is 40.4. The number of likely N-dealkylation sites (N-methyl/N-ethyl adjacent to an activating group) is 1. The van der Waals surface area contributed by atoms with Gasteiger partial charge in [0.25, 0.3) is 17.7 Å². The van der Waals surface area contributed by atoms with Crippen molar-refractivity contribution in [3.63, 3.8) is 0 Å². The van der Waals surface area contributed by atoms with E-state index in [1.54, 1.807) is 31.2 Å². The van der Waals surface area contributed by atoms with Crippen molar-refractivity contribution >= 4 is 29.2 Å². The molecule has 3 aromatic carbocycles. The first-order chi connectivity index (χ1) is 27.8. The second-order valence-electron chi connectivity index (χ2n) is 15.1. The molecule has 0 aromatic heterocycles. The Morgan fingerprint density at radius 2 is 1.84 bits per heavy atom. The second-order valence-corrected chi connectivity index (χ2v) is 15.1. The van der Waals surface area contributed by atoms with Crippen molar-refractivity contribution in [1.82, 2.24) is 20.0 Å². The lowest BCUT2D eigenvalue weighted by Crippen LogP contribution is -2.65. The van der Waals surface area contributed by atoms with E-state index >= 15 is 0 Å². The van der Waals surface area contributed by atoms with E-state index in [-0.39, 0.29) is 42.7 Å². The smallest absolute Gasteiger partial charge is 0.416 e. The van der Waals surface area contributed by atoms with Gasteiger partial charge in [0.15, 0.2) is 0 Å². The summed E-state index contributed by atoms with van der Waals surface area (Å²) in [7, 11) is 0. The molecule has 3 amide bonds. The highest BCUT2D eigenvalue weighted by molar-refractivity contribution is 6.18. The van der Waals surface area contributed by atoms with Crippen LogP contribution in [0, 0.1) is 22.6 Å². The number of piperidine rings is 1. The first-order valence-corrected chi connectivity index (χ1v) is 19.2. The SMILES string of the molecule is CCN1C(=O)[C@H](NC(=O)c2cccc(C(F)(F)F)c2)[C@H](c2ccc(F)cc2)/C(=C(/N)C(=O)N2CCC[C@H]2C#N)C1=Nc1cccc(OCCCN2CC3(COC3)C2)c1.[HH]. The van der Waals surface area contributed by atoms with Crippen LogP contribution in [0.5, 0.6) is 5.75 Å². The largest absolute Gasteiger partial charge is 0.493 e. The number of nitrogens with two attached hydrogens (primary N) is 1. The molecule has 4 aliphatic heterocycles. The number of benzene rings is 3. The number of hydrogen-bond acceptors (Lipinski definition) is 9. The van der Waals surface area contributed by atoms with Gasteiger partial charge in [-0.05, 0) is 74.2 Å². The molecule has 0 radical (unpaired) electrons. The maximum atomic E-state index is 14.6. The Hall–Kier alpha value is -5.79. The molecule has 0 aliphatic carbocycles. The van der Waals surface area contributed by atoms with Crippen LogP contribution in [-0.2, 0) is 20.5 Å². The molecule has 3 aromatic rings. The molecular weight excluding hydrogens is 758 g/mol. The van der Waals surface area contributed by atoms with Gasteiger partial charge < -0.3 is 30.3 Å². The van der Waals surface area contributed by atoms with Gasteiger partial charge in [0.2, 0.25) is 0 Å². The number of carbonyl (C=O) groups excluding carboxylic acids is 3. The molecule has 0 saturated carbocycles. The molecule has 58 heavy (non-hydrogen) atoms. The van der Waals surface area contributed by atoms with E-state index < -0.39 is 53.3 Å². The number of amides is 3. The van der Waals surface area contributed by atoms with Crippen molar-refractivity contribution < 1.29 is 42.8 Å². The molecule has 306 valence electrons. The zero-order valence-electron chi connectivity index (χ0n) is 31.8. The Morgan fingerprint density at radius 1 is 1.10 bits per heavy atom. The zero-order chi connectivity index (χ0) is 41.2. The van der Waals surface area contributed by atoms with Crippen molar-refractivity contribution in [2.75, 3.05) is 52.5 Å². The maximum absolute atomic E-state index is 14.6. The summed E-state index contributed by atoms with van der Waals surface area (Å²) in [6.45, 7) is 6.81. The summed E-state index contributed by atoms with van der Waals surface area (Å²) < 4.78 is 66.8. The number of halogens is 4. The summed E-state index contributed by atoms with van der Waals surface area (Å²) in [5.41, 5.74) is 5.93. The predicted octanol–water partition coefficient (Wildman–Crippen LogP) is 5.39. The van der Waals surface area contributed by atoms with Crippen LogP contribution < -0.4 is 15.8 Å². The van der Waals surface area contributed by atoms with Gasteiger partial charge in [0.1, 0.15) is 35.2 Å². The number of amidine groups is 1. The molecule has 16 heteroatoms. The van der Waals surface area contributed by atoms with Crippen LogP contribution in [-0.4, -0.2) is 103 Å². The summed E-state index contributed by atoms with van der Waals surface area (Å²) in [4.78, 5) is 52.5. The van der Waals surface area contributed by atoms with Crippen LogP contribution in [0.2, 0.25) is 0 Å². The number of carbonyl (C=O) groups is 3. The number of aliphatic imine (C=N–C) groups is 1. The molecule has 4 fully saturated rings. The summed E-state index contributed by atoms with van der Waals surface area (Å²) >= 11 is 0. The molecule has 0 unspecified atom stereocenters.